The summed E-state index contributed by atoms with van der Waals surface area (Å²) in [6, 6.07) is 17.3. The second-order valence-electron chi connectivity index (χ2n) is 4.64. The normalized spacial score (nSPS) is 7.76. The van der Waals surface area contributed by atoms with Gasteiger partial charge in [0.15, 0.2) is 0 Å². The molecule has 0 N–H and O–H groups in total. The first kappa shape index (κ1) is 27.5. The molecular formula is C25H38. The van der Waals surface area contributed by atoms with E-state index in [4.69, 9.17) is 0 Å². The maximum atomic E-state index is 3.99. The van der Waals surface area contributed by atoms with Crippen molar-refractivity contribution in [3.8, 4) is 0 Å². The Morgan fingerprint density at radius 2 is 1.24 bits per heavy atom. The Hall–Kier alpha value is -2.34. The molecule has 0 saturated heterocycles. The Morgan fingerprint density at radius 1 is 0.760 bits per heavy atom. The lowest BCUT2D eigenvalue weighted by molar-refractivity contribution is 1.18. The molecule has 2 aromatic rings. The highest BCUT2D eigenvalue weighted by atomic mass is 14.0. The molecule has 0 atom stereocenters. The van der Waals surface area contributed by atoms with Crippen molar-refractivity contribution in [2.75, 3.05) is 0 Å². The van der Waals surface area contributed by atoms with Crippen molar-refractivity contribution in [1.82, 2.24) is 0 Å². The predicted molar refractivity (Wildman–Crippen MR) is 120 cm³/mol. The first-order chi connectivity index (χ1) is 12.1. The number of benzene rings is 2. The lowest BCUT2D eigenvalue weighted by Crippen LogP contribution is -1.89. The molecule has 2 aromatic carbocycles. The summed E-state index contributed by atoms with van der Waals surface area (Å²) in [4.78, 5) is 0. The van der Waals surface area contributed by atoms with Crippen LogP contribution in [0, 0.1) is 6.92 Å². The van der Waals surface area contributed by atoms with Gasteiger partial charge in [0.05, 0.1) is 0 Å². The third-order valence-corrected chi connectivity index (χ3v) is 2.95. The molecule has 138 valence electrons. The number of hydrogen-bond acceptors (Lipinski definition) is 0. The maximum Gasteiger partial charge on any atom is -0.00256 e. The minimum Gasteiger partial charge on any atom is -0.106 e. The third-order valence-electron chi connectivity index (χ3n) is 2.95. The van der Waals surface area contributed by atoms with Gasteiger partial charge in [-0.3, -0.25) is 0 Å². The Labute approximate surface area is 157 Å². The van der Waals surface area contributed by atoms with Gasteiger partial charge in [-0.15, -0.1) is 26.3 Å². The van der Waals surface area contributed by atoms with Crippen LogP contribution in [0.15, 0.2) is 81.4 Å². The van der Waals surface area contributed by atoms with Gasteiger partial charge >= 0.3 is 0 Å². The summed E-state index contributed by atoms with van der Waals surface area (Å²) < 4.78 is 0. The molecule has 25 heavy (non-hydrogen) atoms. The second kappa shape index (κ2) is 19.7. The Bertz CT molecular complexity index is 545. The molecule has 0 heteroatoms. The van der Waals surface area contributed by atoms with Crippen molar-refractivity contribution < 1.29 is 0 Å². The minimum atomic E-state index is 0.987. The van der Waals surface area contributed by atoms with Gasteiger partial charge in [-0.25, -0.2) is 0 Å². The van der Waals surface area contributed by atoms with E-state index in [1.165, 1.54) is 22.3 Å². The quantitative estimate of drug-likeness (QED) is 0.494. The van der Waals surface area contributed by atoms with Gasteiger partial charge < -0.3 is 0 Å². The average Bonchev–Trinajstić information content (AvgIpc) is 2.70. The largest absolute Gasteiger partial charge is 0.106 e. The number of allylic oxidation sites excluding steroid dienone is 1. The van der Waals surface area contributed by atoms with E-state index in [2.05, 4.69) is 88.3 Å². The summed E-state index contributed by atoms with van der Waals surface area (Å²) in [6.07, 6.45) is 0.987. The first-order valence-corrected chi connectivity index (χ1v) is 8.95. The number of aryl methyl sites for hydroxylation is 1. The second-order valence-corrected chi connectivity index (χ2v) is 4.64. The van der Waals surface area contributed by atoms with E-state index in [1.54, 1.807) is 0 Å². The van der Waals surface area contributed by atoms with E-state index in [0.29, 0.717) is 0 Å². The van der Waals surface area contributed by atoms with Crippen LogP contribution in [-0.4, -0.2) is 0 Å². The highest BCUT2D eigenvalue weighted by Gasteiger charge is 1.98. The Balaban J connectivity index is -0.000000533. The van der Waals surface area contributed by atoms with E-state index in [0.717, 1.165) is 12.0 Å². The summed E-state index contributed by atoms with van der Waals surface area (Å²) in [5, 5.41) is 0. The zero-order chi connectivity index (χ0) is 20.3. The summed E-state index contributed by atoms with van der Waals surface area (Å²) >= 11 is 0. The number of rotatable bonds is 3. The molecule has 0 spiro atoms. The molecule has 0 aliphatic heterocycles. The van der Waals surface area contributed by atoms with Crippen LogP contribution < -0.4 is 0 Å². The van der Waals surface area contributed by atoms with Crippen LogP contribution in [0.25, 0.3) is 5.57 Å². The average molecular weight is 339 g/mol. The number of hydrogen-bond donors (Lipinski definition) is 0. The molecule has 0 nitrogen and oxygen atoms in total. The molecule has 0 bridgehead atoms. The van der Waals surface area contributed by atoms with Crippen LogP contribution in [0.4, 0.5) is 0 Å². The van der Waals surface area contributed by atoms with Crippen molar-refractivity contribution in [3.05, 3.63) is 104 Å². The first-order valence-electron chi connectivity index (χ1n) is 8.95. The molecule has 0 unspecified atom stereocenters. The molecule has 0 aromatic heterocycles. The predicted octanol–water partition coefficient (Wildman–Crippen LogP) is 8.28. The van der Waals surface area contributed by atoms with Crippen LogP contribution >= 0.6 is 0 Å². The van der Waals surface area contributed by atoms with Gasteiger partial charge in [0, 0.05) is 0 Å². The van der Waals surface area contributed by atoms with Gasteiger partial charge in [0.2, 0.25) is 0 Å². The van der Waals surface area contributed by atoms with Crippen LogP contribution in [0.5, 0.6) is 0 Å². The molecule has 2 rings (SSSR count). The standard InChI is InChI=1S/C17H18.2C2H6.2C2H4/c1-13(2)17-6-4-5-16(12-17)11-15-9-7-14(3)8-10-15;4*1-2/h4-10,12H,1,11H2,2-3H3;2*1-2H3;2*1-2H2. The molecular weight excluding hydrogens is 300 g/mol. The minimum absolute atomic E-state index is 0.987. The fourth-order valence-electron chi connectivity index (χ4n) is 1.89. The Morgan fingerprint density at radius 3 is 1.68 bits per heavy atom. The summed E-state index contributed by atoms with van der Waals surface area (Å²) in [7, 11) is 0. The van der Waals surface area contributed by atoms with Gasteiger partial charge in [0.25, 0.3) is 0 Å². The van der Waals surface area contributed by atoms with E-state index < -0.39 is 0 Å². The third kappa shape index (κ3) is 12.7. The van der Waals surface area contributed by atoms with E-state index in [1.807, 2.05) is 34.6 Å². The molecule has 0 aliphatic carbocycles. The van der Waals surface area contributed by atoms with Crippen molar-refractivity contribution in [1.29, 1.82) is 0 Å². The monoisotopic (exact) mass is 338 g/mol. The topological polar surface area (TPSA) is 0 Å². The van der Waals surface area contributed by atoms with Crippen molar-refractivity contribution in [2.45, 2.75) is 48.0 Å². The smallest absolute Gasteiger partial charge is 0.00256 e. The van der Waals surface area contributed by atoms with Crippen LogP contribution in [-0.2, 0) is 6.42 Å². The highest BCUT2D eigenvalue weighted by Crippen LogP contribution is 2.16. The summed E-state index contributed by atoms with van der Waals surface area (Å²) in [6.45, 7) is 28.1. The van der Waals surface area contributed by atoms with E-state index in [-0.39, 0.29) is 0 Å². The molecule has 0 radical (unpaired) electrons. The van der Waals surface area contributed by atoms with Gasteiger partial charge in [0.1, 0.15) is 0 Å². The van der Waals surface area contributed by atoms with Crippen LogP contribution in [0.1, 0.15) is 56.9 Å². The SMILES string of the molecule is C=C.C=C.C=C(C)c1cccc(Cc2ccc(C)cc2)c1.CC.CC. The van der Waals surface area contributed by atoms with E-state index >= 15 is 0 Å². The van der Waals surface area contributed by atoms with Crippen molar-refractivity contribution in [3.63, 3.8) is 0 Å². The van der Waals surface area contributed by atoms with Crippen LogP contribution in [0.3, 0.4) is 0 Å². The zero-order valence-electron chi connectivity index (χ0n) is 17.4. The zero-order valence-corrected chi connectivity index (χ0v) is 17.4. The van der Waals surface area contributed by atoms with Crippen molar-refractivity contribution in [2.24, 2.45) is 0 Å². The Kier molecular flexibility index (Phi) is 21.7. The fraction of sp³-hybridized carbons (Fsp3) is 0.280. The molecule has 0 amide bonds. The molecule has 0 aliphatic rings. The van der Waals surface area contributed by atoms with Crippen LogP contribution in [0.2, 0.25) is 0 Å². The van der Waals surface area contributed by atoms with Gasteiger partial charge in [-0.2, -0.15) is 0 Å². The molecule has 0 saturated carbocycles. The summed E-state index contributed by atoms with van der Waals surface area (Å²) in [5.41, 5.74) is 6.36. The highest BCUT2D eigenvalue weighted by molar-refractivity contribution is 5.61. The lowest BCUT2D eigenvalue weighted by atomic mass is 10.00. The van der Waals surface area contributed by atoms with Gasteiger partial charge in [-0.1, -0.05) is 93.9 Å². The molecule has 0 heterocycles. The molecule has 0 fully saturated rings. The lowest BCUT2D eigenvalue weighted by Gasteiger charge is -2.05. The maximum absolute atomic E-state index is 3.99. The van der Waals surface area contributed by atoms with Crippen molar-refractivity contribution >= 4 is 5.57 Å². The summed E-state index contributed by atoms with van der Waals surface area (Å²) in [5.74, 6) is 0. The van der Waals surface area contributed by atoms with Gasteiger partial charge in [-0.05, 0) is 37.0 Å². The fourth-order valence-corrected chi connectivity index (χ4v) is 1.89. The van der Waals surface area contributed by atoms with E-state index in [9.17, 15) is 0 Å².